The van der Waals surface area contributed by atoms with Crippen molar-refractivity contribution in [2.75, 3.05) is 6.61 Å². The molecule has 1 N–H and O–H groups in total. The molecule has 153 valence electrons. The van der Waals surface area contributed by atoms with Gasteiger partial charge in [-0.15, -0.1) is 0 Å². The molecular weight excluding hydrogens is 413 g/mol. The third kappa shape index (κ3) is 4.05. The summed E-state index contributed by atoms with van der Waals surface area (Å²) in [6.07, 6.45) is 13.5. The van der Waals surface area contributed by atoms with Crippen molar-refractivity contribution in [3.8, 4) is 0 Å². The van der Waals surface area contributed by atoms with Crippen LogP contribution in [0.1, 0.15) is 80.1 Å². The predicted molar refractivity (Wildman–Crippen MR) is 107 cm³/mol. The molecule has 7 atom stereocenters. The van der Waals surface area contributed by atoms with Crippen molar-refractivity contribution in [3.63, 3.8) is 0 Å². The van der Waals surface area contributed by atoms with Gasteiger partial charge in [-0.1, -0.05) is 40.3 Å². The number of hydrogen-bond donors (Lipinski definition) is 1. The second-order valence-corrected chi connectivity index (χ2v) is 9.19. The first-order valence-corrected chi connectivity index (χ1v) is 9.85. The maximum Gasteiger partial charge on any atom is 0.0726 e. The van der Waals surface area contributed by atoms with Gasteiger partial charge in [-0.3, -0.25) is 0 Å². The largest absolute Gasteiger partial charge is 0.540 e. The van der Waals surface area contributed by atoms with Crippen LogP contribution < -0.4 is 0 Å². The number of hydrogen-bond acceptors (Lipinski definition) is 3. The van der Waals surface area contributed by atoms with Crippen LogP contribution in [0, 0.1) is 28.6 Å². The van der Waals surface area contributed by atoms with Crippen molar-refractivity contribution in [3.05, 3.63) is 11.6 Å². The van der Waals surface area contributed by atoms with Gasteiger partial charge in [0, 0.05) is 32.7 Å². The number of aliphatic hydroxyl groups excluding tert-OH is 1. The standard InChI is InChI=1S/C21H31O3.2CH4.Y/c1-20-9-7-15(24-12-11-22)13-14(20)3-4-16-17-5-6-19(23)21(17,2)10-8-18(16)20;;;/h13,15-19,23H,3-10,12H2,1-2H3;2*1H4;/q-1;;;. The van der Waals surface area contributed by atoms with Gasteiger partial charge in [0.05, 0.1) is 12.2 Å². The molecule has 27 heavy (non-hydrogen) atoms. The Morgan fingerprint density at radius 1 is 1.11 bits per heavy atom. The van der Waals surface area contributed by atoms with E-state index in [-0.39, 0.29) is 71.8 Å². The summed E-state index contributed by atoms with van der Waals surface area (Å²) in [5.74, 6) is 2.26. The van der Waals surface area contributed by atoms with Gasteiger partial charge in [0.1, 0.15) is 0 Å². The summed E-state index contributed by atoms with van der Waals surface area (Å²) in [5, 5.41) is 10.5. The number of allylic oxidation sites excluding steroid dienone is 1. The fourth-order valence-corrected chi connectivity index (χ4v) is 6.94. The predicted octanol–water partition coefficient (Wildman–Crippen LogP) is 5.07. The van der Waals surface area contributed by atoms with E-state index >= 15 is 0 Å². The molecule has 0 aromatic carbocycles. The molecule has 3 nitrogen and oxygen atoms in total. The minimum atomic E-state index is -0.0862. The Morgan fingerprint density at radius 2 is 1.85 bits per heavy atom. The first-order chi connectivity index (χ1) is 11.5. The molecule has 0 saturated heterocycles. The number of aliphatic hydroxyl groups is 1. The van der Waals surface area contributed by atoms with Crippen LogP contribution in [-0.2, 0) is 42.2 Å². The molecule has 3 fully saturated rings. The van der Waals surface area contributed by atoms with E-state index in [2.05, 4.69) is 19.9 Å². The molecule has 7 unspecified atom stereocenters. The van der Waals surface area contributed by atoms with Crippen LogP contribution in [-0.4, -0.2) is 30.2 Å². The summed E-state index contributed by atoms with van der Waals surface area (Å²) >= 11 is 0. The van der Waals surface area contributed by atoms with Crippen LogP contribution in [0.25, 0.3) is 0 Å². The van der Waals surface area contributed by atoms with E-state index < -0.39 is 0 Å². The molecule has 4 rings (SSSR count). The molecular formula is C23H39O3Y-. The summed E-state index contributed by atoms with van der Waals surface area (Å²) in [5.41, 5.74) is 2.05. The molecule has 3 saturated carbocycles. The Balaban J connectivity index is 0.00000121. The number of ether oxygens (including phenoxy) is 1. The molecule has 4 heteroatoms. The number of carbonyl (C=O) groups excluding carboxylic acids is 1. The second kappa shape index (κ2) is 9.50. The topological polar surface area (TPSA) is 46.5 Å². The molecule has 0 spiro atoms. The smallest absolute Gasteiger partial charge is 0.0726 e. The molecule has 0 bridgehead atoms. The van der Waals surface area contributed by atoms with Gasteiger partial charge < -0.3 is 14.6 Å². The minimum Gasteiger partial charge on any atom is -0.540 e. The zero-order chi connectivity index (χ0) is 16.9. The van der Waals surface area contributed by atoms with Crippen LogP contribution in [0.3, 0.4) is 0 Å². The maximum atomic E-state index is 10.5. The van der Waals surface area contributed by atoms with Gasteiger partial charge in [0.15, 0.2) is 0 Å². The van der Waals surface area contributed by atoms with E-state index in [9.17, 15) is 9.90 Å². The minimum absolute atomic E-state index is 0. The van der Waals surface area contributed by atoms with Crippen molar-refractivity contribution in [2.24, 2.45) is 28.6 Å². The zero-order valence-corrected chi connectivity index (χ0v) is 18.5. The van der Waals surface area contributed by atoms with Crippen molar-refractivity contribution < 1.29 is 47.3 Å². The van der Waals surface area contributed by atoms with E-state index in [1.165, 1.54) is 38.5 Å². The molecule has 4 aliphatic carbocycles. The first kappa shape index (κ1) is 25.5. The Morgan fingerprint density at radius 3 is 2.56 bits per heavy atom. The summed E-state index contributed by atoms with van der Waals surface area (Å²) in [7, 11) is 0. The average Bonchev–Trinajstić information content (AvgIpc) is 2.88. The van der Waals surface area contributed by atoms with Crippen LogP contribution >= 0.6 is 0 Å². The first-order valence-electron chi connectivity index (χ1n) is 9.85. The van der Waals surface area contributed by atoms with Crippen LogP contribution in [0.15, 0.2) is 11.6 Å². The summed E-state index contributed by atoms with van der Waals surface area (Å²) in [6, 6.07) is 0. The monoisotopic (exact) mass is 452 g/mol. The molecule has 0 aliphatic heterocycles. The maximum absolute atomic E-state index is 10.5. The number of rotatable bonds is 3. The van der Waals surface area contributed by atoms with Gasteiger partial charge in [0.25, 0.3) is 0 Å². The summed E-state index contributed by atoms with van der Waals surface area (Å²) < 4.78 is 5.63. The van der Waals surface area contributed by atoms with Crippen molar-refractivity contribution >= 4 is 6.29 Å². The summed E-state index contributed by atoms with van der Waals surface area (Å²) in [6.45, 7) is 4.92. The van der Waals surface area contributed by atoms with Crippen molar-refractivity contribution in [1.29, 1.82) is 0 Å². The Labute approximate surface area is 192 Å². The van der Waals surface area contributed by atoms with E-state index in [1.54, 1.807) is 5.57 Å². The molecule has 0 heterocycles. The number of fused-ring (bicyclic) bond motifs is 5. The van der Waals surface area contributed by atoms with Crippen molar-refractivity contribution in [2.45, 2.75) is 92.3 Å². The van der Waals surface area contributed by atoms with Gasteiger partial charge in [-0.2, -0.15) is 0 Å². The third-order valence-corrected chi connectivity index (χ3v) is 8.38. The van der Waals surface area contributed by atoms with E-state index in [0.717, 1.165) is 24.7 Å². The van der Waals surface area contributed by atoms with Gasteiger partial charge >= 0.3 is 0 Å². The Kier molecular flexibility index (Phi) is 8.96. The van der Waals surface area contributed by atoms with Crippen LogP contribution in [0.2, 0.25) is 0 Å². The summed E-state index contributed by atoms with van der Waals surface area (Å²) in [4.78, 5) is 10.5. The molecule has 0 aromatic rings. The molecule has 0 amide bonds. The Hall–Kier alpha value is 0.434. The zero-order valence-electron chi connectivity index (χ0n) is 15.7. The average molecular weight is 452 g/mol. The molecule has 0 aromatic heterocycles. The molecule has 1 radical (unpaired) electrons. The van der Waals surface area contributed by atoms with E-state index in [0.29, 0.717) is 11.3 Å². The SMILES string of the molecule is C.C.CC12CCC(OC[C-]=O)C=C1CCC1C2CCC2(C)C(O)CCC12.[Y]. The normalized spacial score (nSPS) is 44.9. The third-order valence-electron chi connectivity index (χ3n) is 8.38. The van der Waals surface area contributed by atoms with E-state index in [1.807, 2.05) is 6.29 Å². The fourth-order valence-electron chi connectivity index (χ4n) is 6.94. The Bertz CT molecular complexity index is 548. The second-order valence-electron chi connectivity index (χ2n) is 9.19. The van der Waals surface area contributed by atoms with Crippen LogP contribution in [0.4, 0.5) is 0 Å². The fraction of sp³-hybridized carbons (Fsp3) is 0.870. The quantitative estimate of drug-likeness (QED) is 0.480. The van der Waals surface area contributed by atoms with E-state index in [4.69, 9.17) is 4.74 Å². The van der Waals surface area contributed by atoms with Crippen LogP contribution in [0.5, 0.6) is 0 Å². The molecule has 4 aliphatic rings. The van der Waals surface area contributed by atoms with Gasteiger partial charge in [-0.25, -0.2) is 6.29 Å². The van der Waals surface area contributed by atoms with Gasteiger partial charge in [-0.05, 0) is 86.6 Å². The van der Waals surface area contributed by atoms with Crippen molar-refractivity contribution in [1.82, 2.24) is 0 Å². The van der Waals surface area contributed by atoms with Gasteiger partial charge in [0.2, 0.25) is 0 Å².